The van der Waals surface area contributed by atoms with Crippen LogP contribution in [0.25, 0.3) is 0 Å². The predicted octanol–water partition coefficient (Wildman–Crippen LogP) is 1.26. The molecule has 1 fully saturated rings. The summed E-state index contributed by atoms with van der Waals surface area (Å²) in [4.78, 5) is 2.41. The quantitative estimate of drug-likeness (QED) is 0.835. The number of hydrogen-bond acceptors (Lipinski definition) is 4. The molecule has 0 saturated carbocycles. The number of rotatable bonds is 4. The third-order valence-electron chi connectivity index (χ3n) is 3.10. The van der Waals surface area contributed by atoms with Gasteiger partial charge in [-0.1, -0.05) is 6.92 Å². The molecule has 1 aromatic rings. The van der Waals surface area contributed by atoms with E-state index in [1.54, 1.807) is 6.26 Å². The van der Waals surface area contributed by atoms with E-state index >= 15 is 0 Å². The van der Waals surface area contributed by atoms with E-state index in [1.165, 1.54) is 0 Å². The van der Waals surface area contributed by atoms with Crippen LogP contribution in [0.15, 0.2) is 22.8 Å². The largest absolute Gasteiger partial charge is 0.468 e. The number of nitrogens with zero attached hydrogens (tertiary/aromatic N) is 1. The lowest BCUT2D eigenvalue weighted by atomic mass is 10.0. The average molecular weight is 224 g/mol. The number of ether oxygens (including phenoxy) is 1. The first-order valence-corrected chi connectivity index (χ1v) is 5.90. The van der Waals surface area contributed by atoms with Gasteiger partial charge in [0.1, 0.15) is 5.76 Å². The van der Waals surface area contributed by atoms with E-state index in [-0.39, 0.29) is 12.1 Å². The Morgan fingerprint density at radius 2 is 2.44 bits per heavy atom. The highest BCUT2D eigenvalue weighted by molar-refractivity contribution is 5.08. The van der Waals surface area contributed by atoms with Crippen LogP contribution in [0.3, 0.4) is 0 Å². The van der Waals surface area contributed by atoms with E-state index in [0.29, 0.717) is 0 Å². The second-order valence-electron chi connectivity index (χ2n) is 4.06. The Hall–Kier alpha value is -0.840. The fourth-order valence-corrected chi connectivity index (χ4v) is 2.34. The summed E-state index contributed by atoms with van der Waals surface area (Å²) in [6, 6.07) is 4.21. The molecule has 0 aliphatic carbocycles. The van der Waals surface area contributed by atoms with Crippen molar-refractivity contribution in [1.82, 2.24) is 10.2 Å². The number of furan rings is 1. The molecule has 0 radical (unpaired) electrons. The molecule has 2 atom stereocenters. The Labute approximate surface area is 96.6 Å². The molecule has 4 heteroatoms. The summed E-state index contributed by atoms with van der Waals surface area (Å²) >= 11 is 0. The predicted molar refractivity (Wildman–Crippen MR) is 62.4 cm³/mol. The molecule has 1 aliphatic rings. The zero-order valence-electron chi connectivity index (χ0n) is 9.98. The van der Waals surface area contributed by atoms with Gasteiger partial charge < -0.3 is 14.5 Å². The normalized spacial score (nSPS) is 27.1. The van der Waals surface area contributed by atoms with Crippen LogP contribution < -0.4 is 5.32 Å². The SMILES string of the molecule is CCN1CCOC(CNC)C1c1ccco1. The van der Waals surface area contributed by atoms with Gasteiger partial charge in [-0.25, -0.2) is 0 Å². The van der Waals surface area contributed by atoms with Crippen molar-refractivity contribution in [2.75, 3.05) is 33.3 Å². The minimum atomic E-state index is 0.171. The van der Waals surface area contributed by atoms with E-state index in [0.717, 1.165) is 32.0 Å². The summed E-state index contributed by atoms with van der Waals surface area (Å²) in [6.45, 7) is 5.83. The third kappa shape index (κ3) is 2.29. The molecule has 1 aromatic heterocycles. The minimum absolute atomic E-state index is 0.171. The summed E-state index contributed by atoms with van der Waals surface area (Å²) in [5, 5.41) is 3.18. The second kappa shape index (κ2) is 5.48. The first kappa shape index (κ1) is 11.6. The van der Waals surface area contributed by atoms with Crippen molar-refractivity contribution in [2.24, 2.45) is 0 Å². The smallest absolute Gasteiger partial charge is 0.123 e. The molecule has 1 saturated heterocycles. The van der Waals surface area contributed by atoms with Gasteiger partial charge in [-0.15, -0.1) is 0 Å². The molecular weight excluding hydrogens is 204 g/mol. The fraction of sp³-hybridized carbons (Fsp3) is 0.667. The molecular formula is C12H20N2O2. The number of morpholine rings is 1. The van der Waals surface area contributed by atoms with E-state index in [2.05, 4.69) is 17.1 Å². The lowest BCUT2D eigenvalue weighted by Crippen LogP contribution is -2.48. The molecule has 2 heterocycles. The van der Waals surface area contributed by atoms with E-state index in [1.807, 2.05) is 19.2 Å². The molecule has 4 nitrogen and oxygen atoms in total. The topological polar surface area (TPSA) is 37.6 Å². The van der Waals surface area contributed by atoms with Gasteiger partial charge in [-0.05, 0) is 25.7 Å². The molecule has 1 aliphatic heterocycles. The maximum atomic E-state index is 5.82. The van der Waals surface area contributed by atoms with Crippen molar-refractivity contribution < 1.29 is 9.15 Å². The molecule has 0 bridgehead atoms. The van der Waals surface area contributed by atoms with Gasteiger partial charge in [-0.3, -0.25) is 4.90 Å². The highest BCUT2D eigenvalue weighted by Gasteiger charge is 2.33. The molecule has 2 rings (SSSR count). The minimum Gasteiger partial charge on any atom is -0.468 e. The van der Waals surface area contributed by atoms with Crippen LogP contribution >= 0.6 is 0 Å². The summed E-state index contributed by atoms with van der Waals surface area (Å²) in [7, 11) is 1.95. The van der Waals surface area contributed by atoms with Gasteiger partial charge in [0.05, 0.1) is 25.0 Å². The fourth-order valence-electron chi connectivity index (χ4n) is 2.34. The van der Waals surface area contributed by atoms with Crippen LogP contribution in [0.4, 0.5) is 0 Å². The van der Waals surface area contributed by atoms with Crippen molar-refractivity contribution in [2.45, 2.75) is 19.1 Å². The van der Waals surface area contributed by atoms with Crippen LogP contribution in [0.2, 0.25) is 0 Å². The van der Waals surface area contributed by atoms with Gasteiger partial charge in [0, 0.05) is 13.1 Å². The van der Waals surface area contributed by atoms with Crippen LogP contribution in [0.5, 0.6) is 0 Å². The number of hydrogen-bond donors (Lipinski definition) is 1. The molecule has 16 heavy (non-hydrogen) atoms. The van der Waals surface area contributed by atoms with Crippen LogP contribution in [0.1, 0.15) is 18.7 Å². The lowest BCUT2D eigenvalue weighted by molar-refractivity contribution is -0.0749. The Kier molecular flexibility index (Phi) is 3.98. The highest BCUT2D eigenvalue weighted by atomic mass is 16.5. The first-order chi connectivity index (χ1) is 7.86. The van der Waals surface area contributed by atoms with Crippen molar-refractivity contribution in [3.8, 4) is 0 Å². The molecule has 0 spiro atoms. The van der Waals surface area contributed by atoms with Crippen LogP contribution in [0, 0.1) is 0 Å². The van der Waals surface area contributed by atoms with Crippen LogP contribution in [-0.4, -0.2) is 44.3 Å². The second-order valence-corrected chi connectivity index (χ2v) is 4.06. The lowest BCUT2D eigenvalue weighted by Gasteiger charge is -2.39. The van der Waals surface area contributed by atoms with Gasteiger partial charge in [0.15, 0.2) is 0 Å². The highest BCUT2D eigenvalue weighted by Crippen LogP contribution is 2.29. The van der Waals surface area contributed by atoms with Gasteiger partial charge in [-0.2, -0.15) is 0 Å². The monoisotopic (exact) mass is 224 g/mol. The summed E-state index contributed by atoms with van der Waals surface area (Å²) in [5.41, 5.74) is 0. The van der Waals surface area contributed by atoms with Gasteiger partial charge in [0.25, 0.3) is 0 Å². The first-order valence-electron chi connectivity index (χ1n) is 5.90. The van der Waals surface area contributed by atoms with Gasteiger partial charge in [0.2, 0.25) is 0 Å². The summed E-state index contributed by atoms with van der Waals surface area (Å²) in [5.74, 6) is 1.00. The number of nitrogens with one attached hydrogen (secondary N) is 1. The Bertz CT molecular complexity index is 298. The molecule has 2 unspecified atom stereocenters. The molecule has 0 amide bonds. The third-order valence-corrected chi connectivity index (χ3v) is 3.10. The van der Waals surface area contributed by atoms with E-state index < -0.39 is 0 Å². The molecule has 1 N–H and O–H groups in total. The summed E-state index contributed by atoms with van der Waals surface area (Å²) < 4.78 is 11.4. The molecule has 0 aromatic carbocycles. The molecule has 90 valence electrons. The average Bonchev–Trinajstić information content (AvgIpc) is 2.82. The standard InChI is InChI=1S/C12H20N2O2/c1-3-14-6-8-16-11(9-13-2)12(14)10-5-4-7-15-10/h4-5,7,11-13H,3,6,8-9H2,1-2H3. The summed E-state index contributed by atoms with van der Waals surface area (Å²) in [6.07, 6.45) is 1.90. The Balaban J connectivity index is 2.17. The number of likely N-dealkylation sites (N-methyl/N-ethyl adjacent to an activating group) is 2. The van der Waals surface area contributed by atoms with E-state index in [4.69, 9.17) is 9.15 Å². The zero-order valence-corrected chi connectivity index (χ0v) is 9.98. The van der Waals surface area contributed by atoms with Gasteiger partial charge >= 0.3 is 0 Å². The Morgan fingerprint density at radius 1 is 1.56 bits per heavy atom. The van der Waals surface area contributed by atoms with Crippen molar-refractivity contribution >= 4 is 0 Å². The van der Waals surface area contributed by atoms with Crippen molar-refractivity contribution in [1.29, 1.82) is 0 Å². The van der Waals surface area contributed by atoms with E-state index in [9.17, 15) is 0 Å². The zero-order chi connectivity index (χ0) is 11.4. The maximum Gasteiger partial charge on any atom is 0.123 e. The maximum absolute atomic E-state index is 5.82. The van der Waals surface area contributed by atoms with Crippen LogP contribution in [-0.2, 0) is 4.74 Å². The van der Waals surface area contributed by atoms with Crippen molar-refractivity contribution in [3.63, 3.8) is 0 Å². The Morgan fingerprint density at radius 3 is 3.06 bits per heavy atom. The van der Waals surface area contributed by atoms with Crippen molar-refractivity contribution in [3.05, 3.63) is 24.2 Å².